The highest BCUT2D eigenvalue weighted by Gasteiger charge is 2.31. The van der Waals surface area contributed by atoms with E-state index >= 15 is 0 Å². The monoisotopic (exact) mass is 261 g/mol. The van der Waals surface area contributed by atoms with E-state index < -0.39 is 11.7 Å². The van der Waals surface area contributed by atoms with Gasteiger partial charge in [-0.2, -0.15) is 13.2 Å². The topological polar surface area (TPSA) is 12.0 Å². The minimum Gasteiger partial charge on any atom is -0.260 e. The van der Waals surface area contributed by atoms with Crippen molar-refractivity contribution in [1.29, 1.82) is 0 Å². The zero-order valence-electron chi connectivity index (χ0n) is 9.47. The molecule has 1 nitrogen and oxygen atoms in total. The van der Waals surface area contributed by atoms with Gasteiger partial charge in [0.05, 0.1) is 5.56 Å². The quantitative estimate of drug-likeness (QED) is 0.770. The third-order valence-electron chi connectivity index (χ3n) is 3.03. The first-order valence-electron chi connectivity index (χ1n) is 5.60. The van der Waals surface area contributed by atoms with Gasteiger partial charge in [0.15, 0.2) is 0 Å². The summed E-state index contributed by atoms with van der Waals surface area (Å²) in [5.41, 5.74) is 0.260. The standard InChI is InChI=1S/C12H14F3NS/c1-2-8-5-9-6-10(12(13,14)15)3-4-11(9)17-16-7-8/h3-4,6,8,16H,2,5,7H2,1H3/t8-/m0/s1. The Morgan fingerprint density at radius 3 is 2.82 bits per heavy atom. The number of hydrogen-bond donors (Lipinski definition) is 1. The minimum atomic E-state index is -4.25. The average Bonchev–Trinajstić information content (AvgIpc) is 2.48. The summed E-state index contributed by atoms with van der Waals surface area (Å²) in [6, 6.07) is 4.01. The molecule has 1 aromatic carbocycles. The van der Waals surface area contributed by atoms with E-state index in [1.54, 1.807) is 6.07 Å². The van der Waals surface area contributed by atoms with Crippen LogP contribution in [0, 0.1) is 5.92 Å². The van der Waals surface area contributed by atoms with Gasteiger partial charge in [-0.15, -0.1) is 0 Å². The summed E-state index contributed by atoms with van der Waals surface area (Å²) < 4.78 is 41.0. The summed E-state index contributed by atoms with van der Waals surface area (Å²) in [5, 5.41) is 0. The summed E-state index contributed by atoms with van der Waals surface area (Å²) >= 11 is 1.43. The fourth-order valence-electron chi connectivity index (χ4n) is 1.92. The lowest BCUT2D eigenvalue weighted by atomic mass is 9.96. The van der Waals surface area contributed by atoms with Crippen LogP contribution in [0.25, 0.3) is 0 Å². The zero-order chi connectivity index (χ0) is 12.5. The first-order chi connectivity index (χ1) is 8.00. The molecule has 94 valence electrons. The Kier molecular flexibility index (Phi) is 3.68. The van der Waals surface area contributed by atoms with Gasteiger partial charge in [-0.1, -0.05) is 13.3 Å². The fourth-order valence-corrected chi connectivity index (χ4v) is 2.81. The van der Waals surface area contributed by atoms with Gasteiger partial charge in [0.1, 0.15) is 0 Å². The molecule has 0 unspecified atom stereocenters. The summed E-state index contributed by atoms with van der Waals surface area (Å²) in [7, 11) is 0. The van der Waals surface area contributed by atoms with Crippen molar-refractivity contribution in [2.45, 2.75) is 30.8 Å². The van der Waals surface area contributed by atoms with Gasteiger partial charge >= 0.3 is 6.18 Å². The molecule has 0 aromatic heterocycles. The van der Waals surface area contributed by atoms with Crippen LogP contribution in [0.15, 0.2) is 23.1 Å². The molecule has 1 aliphatic rings. The van der Waals surface area contributed by atoms with Crippen LogP contribution in [0.2, 0.25) is 0 Å². The Balaban J connectivity index is 2.33. The van der Waals surface area contributed by atoms with Gasteiger partial charge < -0.3 is 0 Å². The van der Waals surface area contributed by atoms with Crippen molar-refractivity contribution >= 4 is 11.9 Å². The van der Waals surface area contributed by atoms with Crippen molar-refractivity contribution in [3.05, 3.63) is 29.3 Å². The number of hydrogen-bond acceptors (Lipinski definition) is 2. The molecular formula is C12H14F3NS. The van der Waals surface area contributed by atoms with E-state index in [2.05, 4.69) is 11.6 Å². The molecule has 17 heavy (non-hydrogen) atoms. The van der Waals surface area contributed by atoms with Crippen LogP contribution in [0.4, 0.5) is 13.2 Å². The van der Waals surface area contributed by atoms with E-state index in [1.807, 2.05) is 0 Å². The number of halogens is 3. The van der Waals surface area contributed by atoms with Crippen molar-refractivity contribution in [2.75, 3.05) is 6.54 Å². The van der Waals surface area contributed by atoms with Gasteiger partial charge in [-0.25, -0.2) is 0 Å². The van der Waals surface area contributed by atoms with E-state index in [-0.39, 0.29) is 0 Å². The number of benzene rings is 1. The molecule has 0 saturated carbocycles. The lowest BCUT2D eigenvalue weighted by molar-refractivity contribution is -0.137. The molecule has 5 heteroatoms. The number of alkyl halides is 3. The van der Waals surface area contributed by atoms with Crippen molar-refractivity contribution in [3.8, 4) is 0 Å². The Hall–Kier alpha value is -0.680. The van der Waals surface area contributed by atoms with E-state index in [1.165, 1.54) is 18.0 Å². The van der Waals surface area contributed by atoms with Crippen LogP contribution in [-0.4, -0.2) is 6.54 Å². The lowest BCUT2D eigenvalue weighted by Crippen LogP contribution is -2.15. The Morgan fingerprint density at radius 1 is 1.41 bits per heavy atom. The first-order valence-corrected chi connectivity index (χ1v) is 6.42. The third kappa shape index (κ3) is 2.96. The van der Waals surface area contributed by atoms with Crippen molar-refractivity contribution in [2.24, 2.45) is 5.92 Å². The van der Waals surface area contributed by atoms with Crippen LogP contribution in [0.3, 0.4) is 0 Å². The minimum absolute atomic E-state index is 0.409. The third-order valence-corrected chi connectivity index (χ3v) is 3.96. The van der Waals surface area contributed by atoms with Gasteiger partial charge in [0, 0.05) is 11.4 Å². The molecule has 0 spiro atoms. The van der Waals surface area contributed by atoms with E-state index in [0.717, 1.165) is 35.9 Å². The predicted molar refractivity (Wildman–Crippen MR) is 62.8 cm³/mol. The molecule has 1 heterocycles. The van der Waals surface area contributed by atoms with Crippen LogP contribution in [-0.2, 0) is 12.6 Å². The van der Waals surface area contributed by atoms with Crippen LogP contribution >= 0.6 is 11.9 Å². The summed E-state index contributed by atoms with van der Waals surface area (Å²) in [4.78, 5) is 0.911. The molecule has 1 aromatic rings. The second-order valence-electron chi connectivity index (χ2n) is 4.25. The highest BCUT2D eigenvalue weighted by Crippen LogP contribution is 2.34. The second-order valence-corrected chi connectivity index (χ2v) is 5.18. The van der Waals surface area contributed by atoms with Crippen molar-refractivity contribution < 1.29 is 13.2 Å². The molecule has 0 radical (unpaired) electrons. The summed E-state index contributed by atoms with van der Waals surface area (Å²) in [6.07, 6.45) is -2.56. The predicted octanol–water partition coefficient (Wildman–Crippen LogP) is 3.88. The average molecular weight is 261 g/mol. The largest absolute Gasteiger partial charge is 0.416 e. The SMILES string of the molecule is CC[C@@H]1CNSc2ccc(C(F)(F)F)cc2C1. The second kappa shape index (κ2) is 4.90. The maximum absolute atomic E-state index is 12.6. The van der Waals surface area contributed by atoms with E-state index in [4.69, 9.17) is 0 Å². The molecule has 1 aliphatic heterocycles. The van der Waals surface area contributed by atoms with Gasteiger partial charge in [0.25, 0.3) is 0 Å². The molecule has 0 amide bonds. The maximum atomic E-state index is 12.6. The highest BCUT2D eigenvalue weighted by molar-refractivity contribution is 7.97. The Labute approximate surface area is 103 Å². The fraction of sp³-hybridized carbons (Fsp3) is 0.500. The van der Waals surface area contributed by atoms with Crippen molar-refractivity contribution in [1.82, 2.24) is 4.72 Å². The summed E-state index contributed by atoms with van der Waals surface area (Å²) in [6.45, 7) is 2.91. The zero-order valence-corrected chi connectivity index (χ0v) is 10.3. The molecule has 0 aliphatic carbocycles. The van der Waals surface area contributed by atoms with Crippen LogP contribution in [0.5, 0.6) is 0 Å². The van der Waals surface area contributed by atoms with Crippen LogP contribution < -0.4 is 4.72 Å². The number of fused-ring (bicyclic) bond motifs is 1. The first kappa shape index (κ1) is 12.8. The highest BCUT2D eigenvalue weighted by atomic mass is 32.2. The maximum Gasteiger partial charge on any atom is 0.416 e. The molecule has 2 rings (SSSR count). The smallest absolute Gasteiger partial charge is 0.260 e. The number of rotatable bonds is 1. The Bertz CT molecular complexity index is 403. The lowest BCUT2D eigenvalue weighted by Gasteiger charge is -2.13. The van der Waals surface area contributed by atoms with E-state index in [9.17, 15) is 13.2 Å². The van der Waals surface area contributed by atoms with Gasteiger partial charge in [-0.05, 0) is 48.0 Å². The number of nitrogens with one attached hydrogen (secondary N) is 1. The molecule has 0 bridgehead atoms. The van der Waals surface area contributed by atoms with Crippen LogP contribution in [0.1, 0.15) is 24.5 Å². The van der Waals surface area contributed by atoms with Gasteiger partial charge in [-0.3, -0.25) is 4.72 Å². The molecular weight excluding hydrogens is 247 g/mol. The molecule has 1 atom stereocenters. The van der Waals surface area contributed by atoms with E-state index in [0.29, 0.717) is 5.92 Å². The molecule has 0 saturated heterocycles. The molecule has 0 fully saturated rings. The summed E-state index contributed by atoms with van der Waals surface area (Å²) in [5.74, 6) is 0.409. The Morgan fingerprint density at radius 2 is 2.18 bits per heavy atom. The normalized spacial score (nSPS) is 20.8. The van der Waals surface area contributed by atoms with Gasteiger partial charge in [0.2, 0.25) is 0 Å². The molecule has 1 N–H and O–H groups in total. The van der Waals surface area contributed by atoms with Crippen molar-refractivity contribution in [3.63, 3.8) is 0 Å².